The van der Waals surface area contributed by atoms with Crippen LogP contribution < -0.4 is 10.6 Å². The minimum absolute atomic E-state index is 0.0746. The fourth-order valence-corrected chi connectivity index (χ4v) is 3.29. The van der Waals surface area contributed by atoms with Crippen LogP contribution in [-0.2, 0) is 13.0 Å². The van der Waals surface area contributed by atoms with E-state index in [-0.39, 0.29) is 5.91 Å². The zero-order valence-corrected chi connectivity index (χ0v) is 18.4. The third-order valence-corrected chi connectivity index (χ3v) is 4.85. The average Bonchev–Trinajstić information content (AvgIpc) is 3.27. The first-order valence-corrected chi connectivity index (χ1v) is 10.5. The van der Waals surface area contributed by atoms with Gasteiger partial charge in [-0.05, 0) is 43.2 Å². The lowest BCUT2D eigenvalue weighted by Crippen LogP contribution is -2.38. The number of carbonyl (C=O) groups is 1. The van der Waals surface area contributed by atoms with E-state index in [4.69, 9.17) is 4.99 Å². The van der Waals surface area contributed by atoms with Gasteiger partial charge in [-0.2, -0.15) is 5.10 Å². The molecule has 0 fully saturated rings. The molecule has 0 radical (unpaired) electrons. The highest BCUT2D eigenvalue weighted by atomic mass is 16.1. The summed E-state index contributed by atoms with van der Waals surface area (Å²) in [5.74, 6) is 0.770. The lowest BCUT2D eigenvalue weighted by atomic mass is 10.1. The third kappa shape index (κ3) is 6.18. The Balaban J connectivity index is 1.62. The molecule has 7 nitrogen and oxygen atoms in total. The molecule has 1 aromatic heterocycles. The van der Waals surface area contributed by atoms with Crippen molar-refractivity contribution >= 4 is 11.9 Å². The summed E-state index contributed by atoms with van der Waals surface area (Å²) in [6, 6.07) is 17.7. The summed E-state index contributed by atoms with van der Waals surface area (Å²) < 4.78 is 1.88. The topological polar surface area (TPSA) is 74.6 Å². The van der Waals surface area contributed by atoms with E-state index >= 15 is 0 Å². The fourth-order valence-electron chi connectivity index (χ4n) is 3.29. The summed E-state index contributed by atoms with van der Waals surface area (Å²) in [6.07, 6.45) is 4.69. The van der Waals surface area contributed by atoms with Gasteiger partial charge in [0.05, 0.1) is 11.9 Å². The Morgan fingerprint density at radius 3 is 2.68 bits per heavy atom. The SMILES string of the molecule is CCNC(=NCCc1cccc(C(=O)NC)c1)N(C)Cc1cnn(-c2ccccc2)c1. The second-order valence-corrected chi connectivity index (χ2v) is 7.25. The number of amides is 1. The first-order valence-electron chi connectivity index (χ1n) is 10.5. The maximum atomic E-state index is 11.8. The standard InChI is InChI=1S/C24H30N6O/c1-4-26-24(27-14-13-19-9-8-10-21(15-19)23(31)25-2)29(3)17-20-16-28-30(18-20)22-11-6-5-7-12-22/h5-12,15-16,18H,4,13-14,17H2,1-3H3,(H,25,31)(H,26,27). The van der Waals surface area contributed by atoms with Crippen molar-refractivity contribution in [3.63, 3.8) is 0 Å². The van der Waals surface area contributed by atoms with Crippen molar-refractivity contribution in [2.45, 2.75) is 19.9 Å². The van der Waals surface area contributed by atoms with Gasteiger partial charge in [-0.25, -0.2) is 4.68 Å². The molecule has 0 atom stereocenters. The van der Waals surface area contributed by atoms with Crippen molar-refractivity contribution in [2.24, 2.45) is 4.99 Å². The zero-order valence-electron chi connectivity index (χ0n) is 18.4. The van der Waals surface area contributed by atoms with Crippen molar-refractivity contribution in [1.29, 1.82) is 0 Å². The van der Waals surface area contributed by atoms with Crippen LogP contribution in [0, 0.1) is 0 Å². The van der Waals surface area contributed by atoms with E-state index < -0.39 is 0 Å². The Kier molecular flexibility index (Phi) is 7.81. The highest BCUT2D eigenvalue weighted by molar-refractivity contribution is 5.94. The van der Waals surface area contributed by atoms with Crippen molar-refractivity contribution in [3.05, 3.63) is 83.7 Å². The van der Waals surface area contributed by atoms with Crippen LogP contribution in [0.25, 0.3) is 5.69 Å². The van der Waals surface area contributed by atoms with E-state index in [1.165, 1.54) is 0 Å². The molecule has 31 heavy (non-hydrogen) atoms. The highest BCUT2D eigenvalue weighted by Gasteiger charge is 2.09. The van der Waals surface area contributed by atoms with Crippen LogP contribution in [0.3, 0.4) is 0 Å². The Morgan fingerprint density at radius 1 is 1.13 bits per heavy atom. The van der Waals surface area contributed by atoms with Crippen molar-refractivity contribution < 1.29 is 4.79 Å². The van der Waals surface area contributed by atoms with Gasteiger partial charge < -0.3 is 15.5 Å². The van der Waals surface area contributed by atoms with Crippen LogP contribution in [0.1, 0.15) is 28.4 Å². The molecule has 0 aliphatic carbocycles. The molecule has 0 saturated carbocycles. The van der Waals surface area contributed by atoms with Crippen LogP contribution in [-0.4, -0.2) is 53.7 Å². The number of rotatable bonds is 8. The number of carbonyl (C=O) groups excluding carboxylic acids is 1. The maximum Gasteiger partial charge on any atom is 0.251 e. The Labute approximate surface area is 183 Å². The Hall–Kier alpha value is -3.61. The van der Waals surface area contributed by atoms with Crippen LogP contribution in [0.4, 0.5) is 0 Å². The molecule has 2 N–H and O–H groups in total. The maximum absolute atomic E-state index is 11.8. The first-order chi connectivity index (χ1) is 15.1. The number of hydrogen-bond acceptors (Lipinski definition) is 3. The minimum Gasteiger partial charge on any atom is -0.357 e. The van der Waals surface area contributed by atoms with Crippen LogP contribution in [0.15, 0.2) is 72.0 Å². The largest absolute Gasteiger partial charge is 0.357 e. The molecule has 3 aromatic rings. The number of aromatic nitrogens is 2. The molecule has 7 heteroatoms. The number of para-hydroxylation sites is 1. The predicted octanol–water partition coefficient (Wildman–Crippen LogP) is 2.87. The minimum atomic E-state index is -0.0746. The summed E-state index contributed by atoms with van der Waals surface area (Å²) in [5, 5.41) is 10.5. The summed E-state index contributed by atoms with van der Waals surface area (Å²) in [6.45, 7) is 4.18. The van der Waals surface area contributed by atoms with E-state index in [1.54, 1.807) is 7.05 Å². The fraction of sp³-hybridized carbons (Fsp3) is 0.292. The van der Waals surface area contributed by atoms with Crippen molar-refractivity contribution in [2.75, 3.05) is 27.2 Å². The van der Waals surface area contributed by atoms with Gasteiger partial charge in [-0.3, -0.25) is 9.79 Å². The number of hydrogen-bond donors (Lipinski definition) is 2. The van der Waals surface area contributed by atoms with Gasteiger partial charge >= 0.3 is 0 Å². The van der Waals surface area contributed by atoms with Gasteiger partial charge in [0.1, 0.15) is 0 Å². The van der Waals surface area contributed by atoms with E-state index in [2.05, 4.69) is 27.6 Å². The molecule has 3 rings (SSSR count). The van der Waals surface area contributed by atoms with Crippen LogP contribution >= 0.6 is 0 Å². The monoisotopic (exact) mass is 418 g/mol. The normalized spacial score (nSPS) is 11.3. The van der Waals surface area contributed by atoms with Gasteiger partial charge in [0.15, 0.2) is 5.96 Å². The van der Waals surface area contributed by atoms with Gasteiger partial charge in [0.25, 0.3) is 5.91 Å². The van der Waals surface area contributed by atoms with E-state index in [1.807, 2.05) is 78.7 Å². The molecule has 0 saturated heterocycles. The number of nitrogens with one attached hydrogen (secondary N) is 2. The first kappa shape index (κ1) is 22.1. The molecule has 0 aliphatic rings. The number of nitrogens with zero attached hydrogens (tertiary/aromatic N) is 4. The molecule has 1 amide bonds. The van der Waals surface area contributed by atoms with Crippen molar-refractivity contribution in [1.82, 2.24) is 25.3 Å². The molecule has 0 bridgehead atoms. The quantitative estimate of drug-likeness (QED) is 0.436. The van der Waals surface area contributed by atoms with Gasteiger partial charge in [-0.15, -0.1) is 0 Å². The van der Waals surface area contributed by atoms with E-state index in [0.29, 0.717) is 18.7 Å². The number of aliphatic imine (C=N–C) groups is 1. The number of guanidine groups is 1. The molecular formula is C24H30N6O. The summed E-state index contributed by atoms with van der Waals surface area (Å²) in [7, 11) is 3.66. The van der Waals surface area contributed by atoms with Gasteiger partial charge in [0.2, 0.25) is 0 Å². The van der Waals surface area contributed by atoms with Gasteiger partial charge in [0, 0.05) is 51.1 Å². The second kappa shape index (κ2) is 11.0. The molecule has 2 aromatic carbocycles. The smallest absolute Gasteiger partial charge is 0.251 e. The van der Waals surface area contributed by atoms with Crippen LogP contribution in [0.5, 0.6) is 0 Å². The molecule has 0 spiro atoms. The number of benzene rings is 2. The molecular weight excluding hydrogens is 388 g/mol. The van der Waals surface area contributed by atoms with Gasteiger partial charge in [-0.1, -0.05) is 30.3 Å². The molecule has 162 valence electrons. The molecule has 0 aliphatic heterocycles. The van der Waals surface area contributed by atoms with E-state index in [9.17, 15) is 4.79 Å². The Morgan fingerprint density at radius 2 is 1.94 bits per heavy atom. The Bertz CT molecular complexity index is 1010. The zero-order chi connectivity index (χ0) is 22.1. The lowest BCUT2D eigenvalue weighted by Gasteiger charge is -2.21. The second-order valence-electron chi connectivity index (χ2n) is 7.25. The summed E-state index contributed by atoms with van der Waals surface area (Å²) >= 11 is 0. The van der Waals surface area contributed by atoms with E-state index in [0.717, 1.165) is 35.7 Å². The summed E-state index contributed by atoms with van der Waals surface area (Å²) in [5.41, 5.74) is 3.90. The predicted molar refractivity (Wildman–Crippen MR) is 125 cm³/mol. The summed E-state index contributed by atoms with van der Waals surface area (Å²) in [4.78, 5) is 18.7. The van der Waals surface area contributed by atoms with Crippen molar-refractivity contribution in [3.8, 4) is 5.69 Å². The highest BCUT2D eigenvalue weighted by Crippen LogP contribution is 2.10. The third-order valence-electron chi connectivity index (χ3n) is 4.85. The average molecular weight is 419 g/mol. The van der Waals surface area contributed by atoms with Crippen LogP contribution in [0.2, 0.25) is 0 Å². The molecule has 1 heterocycles. The lowest BCUT2D eigenvalue weighted by molar-refractivity contribution is 0.0963. The molecule has 0 unspecified atom stereocenters.